The Labute approximate surface area is 169 Å². The summed E-state index contributed by atoms with van der Waals surface area (Å²) in [6.07, 6.45) is 0.713. The first-order chi connectivity index (χ1) is 13.3. The lowest BCUT2D eigenvalue weighted by molar-refractivity contribution is -0.0785. The van der Waals surface area contributed by atoms with E-state index in [9.17, 15) is 10.2 Å². The van der Waals surface area contributed by atoms with Gasteiger partial charge in [0, 0.05) is 51.4 Å². The van der Waals surface area contributed by atoms with Crippen molar-refractivity contribution < 1.29 is 10.2 Å². The van der Waals surface area contributed by atoms with Gasteiger partial charge in [0.1, 0.15) is 0 Å². The molecule has 1 fully saturated rings. The predicted molar refractivity (Wildman–Crippen MR) is 118 cm³/mol. The van der Waals surface area contributed by atoms with Crippen molar-refractivity contribution in [3.05, 3.63) is 58.7 Å². The fourth-order valence-corrected chi connectivity index (χ4v) is 4.56. The van der Waals surface area contributed by atoms with Gasteiger partial charge in [0.2, 0.25) is 0 Å². The van der Waals surface area contributed by atoms with Crippen LogP contribution in [0.25, 0.3) is 0 Å². The summed E-state index contributed by atoms with van der Waals surface area (Å²) < 4.78 is 0. The first kappa shape index (κ1) is 20.7. The number of hydrogen-bond donors (Lipinski definition) is 2. The molecule has 1 aliphatic carbocycles. The second-order valence-electron chi connectivity index (χ2n) is 8.31. The van der Waals surface area contributed by atoms with Crippen LogP contribution in [0.1, 0.15) is 47.9 Å². The highest BCUT2D eigenvalue weighted by molar-refractivity contribution is 5.57. The lowest BCUT2D eigenvalue weighted by Crippen LogP contribution is -2.51. The zero-order chi connectivity index (χ0) is 20.6. The maximum absolute atomic E-state index is 10.9. The molecule has 2 N–H and O–H groups in total. The van der Waals surface area contributed by atoms with Crippen molar-refractivity contribution in [2.75, 3.05) is 38.0 Å². The van der Waals surface area contributed by atoms with Crippen LogP contribution in [0.4, 0.5) is 11.4 Å². The van der Waals surface area contributed by atoms with Crippen LogP contribution in [-0.4, -0.2) is 50.6 Å². The molecule has 3 rings (SSSR count). The molecule has 0 saturated heterocycles. The number of hydrogen-bond acceptors (Lipinski definition) is 4. The molecule has 152 valence electrons. The molecule has 0 amide bonds. The van der Waals surface area contributed by atoms with E-state index < -0.39 is 12.2 Å². The molecule has 0 aliphatic heterocycles. The highest BCUT2D eigenvalue weighted by Gasteiger charge is 2.50. The third kappa shape index (κ3) is 3.51. The van der Waals surface area contributed by atoms with Gasteiger partial charge in [-0.1, -0.05) is 38.1 Å². The number of aliphatic hydroxyl groups excluding tert-OH is 2. The van der Waals surface area contributed by atoms with Gasteiger partial charge in [0.25, 0.3) is 0 Å². The number of rotatable bonds is 6. The quantitative estimate of drug-likeness (QED) is 0.802. The van der Waals surface area contributed by atoms with E-state index in [2.05, 4.69) is 60.0 Å². The predicted octanol–water partition coefficient (Wildman–Crippen LogP) is 3.55. The summed E-state index contributed by atoms with van der Waals surface area (Å²) in [5.41, 5.74) is 6.93. The highest BCUT2D eigenvalue weighted by atomic mass is 16.3. The Morgan fingerprint density at radius 2 is 1.04 bits per heavy atom. The van der Waals surface area contributed by atoms with Crippen LogP contribution in [0.5, 0.6) is 0 Å². The minimum atomic E-state index is -0.570. The molecule has 0 aromatic heterocycles. The van der Waals surface area contributed by atoms with Gasteiger partial charge in [-0.05, 0) is 47.2 Å². The maximum Gasteiger partial charge on any atom is 0.0727 e. The molecule has 0 atom stereocenters. The summed E-state index contributed by atoms with van der Waals surface area (Å²) >= 11 is 0. The largest absolute Gasteiger partial charge is 0.392 e. The zero-order valence-electron chi connectivity index (χ0n) is 18.0. The zero-order valence-corrected chi connectivity index (χ0v) is 18.0. The van der Waals surface area contributed by atoms with E-state index in [1.807, 2.05) is 28.2 Å². The van der Waals surface area contributed by atoms with E-state index >= 15 is 0 Å². The summed E-state index contributed by atoms with van der Waals surface area (Å²) in [6.45, 7) is 4.28. The Kier molecular flexibility index (Phi) is 6.01. The lowest BCUT2D eigenvalue weighted by atomic mass is 9.63. The summed E-state index contributed by atoms with van der Waals surface area (Å²) in [5, 5.41) is 21.9. The molecule has 4 nitrogen and oxygen atoms in total. The van der Waals surface area contributed by atoms with Crippen LogP contribution >= 0.6 is 0 Å². The van der Waals surface area contributed by atoms with Crippen molar-refractivity contribution in [1.82, 2.24) is 0 Å². The van der Waals surface area contributed by atoms with Gasteiger partial charge in [-0.25, -0.2) is 0 Å². The monoisotopic (exact) mass is 382 g/mol. The molecular formula is C24H34N2O2. The van der Waals surface area contributed by atoms with Crippen molar-refractivity contribution in [3.63, 3.8) is 0 Å². The third-order valence-electron chi connectivity index (χ3n) is 6.17. The van der Waals surface area contributed by atoms with Crippen LogP contribution in [0, 0.1) is 0 Å². The molecule has 28 heavy (non-hydrogen) atoms. The van der Waals surface area contributed by atoms with Gasteiger partial charge >= 0.3 is 0 Å². The molecule has 4 heteroatoms. The number of anilines is 2. The average molecular weight is 383 g/mol. The van der Waals surface area contributed by atoms with Gasteiger partial charge < -0.3 is 20.0 Å². The third-order valence-corrected chi connectivity index (χ3v) is 6.17. The molecule has 0 radical (unpaired) electrons. The van der Waals surface area contributed by atoms with E-state index in [-0.39, 0.29) is 11.8 Å². The second kappa shape index (κ2) is 8.14. The van der Waals surface area contributed by atoms with Gasteiger partial charge in [0.05, 0.1) is 12.2 Å². The molecular weight excluding hydrogens is 348 g/mol. The van der Waals surface area contributed by atoms with Crippen LogP contribution in [0.15, 0.2) is 36.4 Å². The van der Waals surface area contributed by atoms with Crippen LogP contribution in [0.2, 0.25) is 0 Å². The second-order valence-corrected chi connectivity index (χ2v) is 8.31. The average Bonchev–Trinajstić information content (AvgIpc) is 2.67. The molecule has 2 aromatic rings. The Hall–Kier alpha value is -2.04. The Morgan fingerprint density at radius 1 is 0.679 bits per heavy atom. The Bertz CT molecular complexity index is 754. The van der Waals surface area contributed by atoms with E-state index in [1.165, 1.54) is 22.5 Å². The number of aryl methyl sites for hydroxylation is 2. The first-order valence-corrected chi connectivity index (χ1v) is 10.3. The standard InChI is InChI=1S/C24H34N2O2/c1-7-15-13-17(9-11-19(15)25(3)4)21-23(27)22(24(21)28)18-10-12-20(26(5)6)16(8-2)14-18/h9-14,21-24,27-28H,7-8H2,1-6H3. The van der Waals surface area contributed by atoms with Gasteiger partial charge in [-0.15, -0.1) is 0 Å². The number of aliphatic hydroxyl groups is 2. The maximum atomic E-state index is 10.9. The highest BCUT2D eigenvalue weighted by Crippen LogP contribution is 2.49. The molecule has 0 heterocycles. The molecule has 1 aliphatic rings. The molecule has 1 saturated carbocycles. The SMILES string of the molecule is CCc1cc(C2C(O)C(c3ccc(N(C)C)c(CC)c3)C2O)ccc1N(C)C. The number of benzene rings is 2. The van der Waals surface area contributed by atoms with Crippen molar-refractivity contribution >= 4 is 11.4 Å². The van der Waals surface area contributed by atoms with E-state index in [0.29, 0.717) is 0 Å². The van der Waals surface area contributed by atoms with Crippen LogP contribution in [0.3, 0.4) is 0 Å². The number of nitrogens with zero attached hydrogens (tertiary/aromatic N) is 2. The van der Waals surface area contributed by atoms with Crippen LogP contribution in [-0.2, 0) is 12.8 Å². The normalized spacial score (nSPS) is 24.0. The van der Waals surface area contributed by atoms with E-state index in [1.54, 1.807) is 0 Å². The van der Waals surface area contributed by atoms with Crippen molar-refractivity contribution in [2.24, 2.45) is 0 Å². The fourth-order valence-electron chi connectivity index (χ4n) is 4.56. The minimum Gasteiger partial charge on any atom is -0.392 e. The van der Waals surface area contributed by atoms with E-state index in [4.69, 9.17) is 0 Å². The summed E-state index contributed by atoms with van der Waals surface area (Å²) in [4.78, 5) is 4.22. The van der Waals surface area contributed by atoms with Crippen molar-refractivity contribution in [1.29, 1.82) is 0 Å². The van der Waals surface area contributed by atoms with Crippen LogP contribution < -0.4 is 9.80 Å². The summed E-state index contributed by atoms with van der Waals surface area (Å²) in [6, 6.07) is 12.6. The van der Waals surface area contributed by atoms with Crippen molar-refractivity contribution in [2.45, 2.75) is 50.7 Å². The summed E-state index contributed by atoms with van der Waals surface area (Å²) in [7, 11) is 8.17. The molecule has 0 unspecified atom stereocenters. The Morgan fingerprint density at radius 3 is 1.32 bits per heavy atom. The van der Waals surface area contributed by atoms with E-state index in [0.717, 1.165) is 24.0 Å². The molecule has 0 bridgehead atoms. The topological polar surface area (TPSA) is 46.9 Å². The smallest absolute Gasteiger partial charge is 0.0727 e. The molecule has 2 aromatic carbocycles. The lowest BCUT2D eigenvalue weighted by Gasteiger charge is -2.47. The van der Waals surface area contributed by atoms with Gasteiger partial charge in [-0.3, -0.25) is 0 Å². The minimum absolute atomic E-state index is 0.231. The first-order valence-electron chi connectivity index (χ1n) is 10.3. The molecule has 0 spiro atoms. The van der Waals surface area contributed by atoms with Crippen molar-refractivity contribution in [3.8, 4) is 0 Å². The van der Waals surface area contributed by atoms with Gasteiger partial charge in [0.15, 0.2) is 0 Å². The fraction of sp³-hybridized carbons (Fsp3) is 0.500. The Balaban J connectivity index is 1.87. The van der Waals surface area contributed by atoms with Gasteiger partial charge in [-0.2, -0.15) is 0 Å². The summed E-state index contributed by atoms with van der Waals surface area (Å²) in [5.74, 6) is -0.463.